The van der Waals surface area contributed by atoms with Crippen LogP contribution in [0.3, 0.4) is 0 Å². The van der Waals surface area contributed by atoms with E-state index in [0.717, 1.165) is 5.56 Å². The molecule has 4 nitrogen and oxygen atoms in total. The van der Waals surface area contributed by atoms with Gasteiger partial charge in [0.1, 0.15) is 0 Å². The Bertz CT molecular complexity index is 519. The molecular weight excluding hydrogens is 292 g/mol. The molecule has 1 aromatic rings. The minimum Gasteiger partial charge on any atom is -0.468 e. The topological polar surface area (TPSA) is 52.6 Å². The van der Waals surface area contributed by atoms with Crippen LogP contribution < -0.4 is 0 Å². The summed E-state index contributed by atoms with van der Waals surface area (Å²) in [4.78, 5) is 22.4. The van der Waals surface area contributed by atoms with Gasteiger partial charge in [0.05, 0.1) is 18.6 Å². The molecule has 0 aliphatic heterocycles. The van der Waals surface area contributed by atoms with Crippen LogP contribution in [-0.2, 0) is 19.1 Å². The van der Waals surface area contributed by atoms with E-state index >= 15 is 0 Å². The van der Waals surface area contributed by atoms with E-state index < -0.39 is 5.41 Å². The summed E-state index contributed by atoms with van der Waals surface area (Å²) >= 11 is 0. The summed E-state index contributed by atoms with van der Waals surface area (Å²) in [5.74, 6) is -0.209. The summed E-state index contributed by atoms with van der Waals surface area (Å²) < 4.78 is 9.90. The molecule has 0 aromatic heterocycles. The van der Waals surface area contributed by atoms with Crippen LogP contribution in [0, 0.1) is 12.3 Å². The number of carbonyl (C=O) groups excluding carboxylic acids is 2. The minimum absolute atomic E-state index is 0.209. The fraction of sp³-hybridized carbons (Fsp3) is 0.474. The van der Waals surface area contributed by atoms with Crippen LogP contribution in [0.25, 0.3) is 6.08 Å². The molecule has 126 valence electrons. The van der Waals surface area contributed by atoms with E-state index in [0.29, 0.717) is 38.9 Å². The molecule has 0 aliphatic rings. The second-order valence-corrected chi connectivity index (χ2v) is 5.87. The maximum atomic E-state index is 12.2. The fourth-order valence-corrected chi connectivity index (χ4v) is 2.32. The smallest absolute Gasteiger partial charge is 0.312 e. The monoisotopic (exact) mass is 318 g/mol. The number of rotatable bonds is 10. The van der Waals surface area contributed by atoms with Gasteiger partial charge in [-0.15, -0.1) is 0 Å². The molecule has 1 atom stereocenters. The lowest BCUT2D eigenvalue weighted by atomic mass is 9.82. The van der Waals surface area contributed by atoms with Crippen LogP contribution in [0.2, 0.25) is 0 Å². The lowest BCUT2D eigenvalue weighted by molar-refractivity contribution is -0.154. The molecule has 0 aliphatic carbocycles. The van der Waals surface area contributed by atoms with Gasteiger partial charge in [0.2, 0.25) is 0 Å². The molecule has 23 heavy (non-hydrogen) atoms. The van der Waals surface area contributed by atoms with Crippen LogP contribution in [-0.4, -0.2) is 25.7 Å². The largest absolute Gasteiger partial charge is 0.468 e. The number of hydrogen-bond acceptors (Lipinski definition) is 4. The van der Waals surface area contributed by atoms with Gasteiger partial charge < -0.3 is 9.47 Å². The lowest BCUT2D eigenvalue weighted by Crippen LogP contribution is -2.30. The standard InChI is InChI=1S/C19H26O4/c1-4-23-18(21)19(3,13-6-14-22-15-20)12-5-7-17-10-8-16(2)9-11-17/h5,7-11,15H,4,6,12-14H2,1-3H3/b7-5+/t19-/m1/s1. The van der Waals surface area contributed by atoms with Gasteiger partial charge in [-0.2, -0.15) is 0 Å². The van der Waals surface area contributed by atoms with Crippen LogP contribution in [0.4, 0.5) is 0 Å². The van der Waals surface area contributed by atoms with Gasteiger partial charge in [-0.05, 0) is 45.6 Å². The van der Waals surface area contributed by atoms with Crippen molar-refractivity contribution in [3.05, 3.63) is 41.5 Å². The maximum absolute atomic E-state index is 12.2. The predicted octanol–water partition coefficient (Wildman–Crippen LogP) is 3.92. The van der Waals surface area contributed by atoms with E-state index in [4.69, 9.17) is 9.47 Å². The van der Waals surface area contributed by atoms with Gasteiger partial charge in [-0.1, -0.05) is 42.0 Å². The van der Waals surface area contributed by atoms with Gasteiger partial charge >= 0.3 is 5.97 Å². The molecule has 0 heterocycles. The molecule has 4 heteroatoms. The van der Waals surface area contributed by atoms with Gasteiger partial charge in [0.15, 0.2) is 0 Å². The maximum Gasteiger partial charge on any atom is 0.312 e. The Balaban J connectivity index is 2.68. The molecule has 0 amide bonds. The molecule has 0 bridgehead atoms. The Labute approximate surface area is 138 Å². The average molecular weight is 318 g/mol. The molecule has 1 aromatic carbocycles. The fourth-order valence-electron chi connectivity index (χ4n) is 2.32. The molecule has 0 saturated heterocycles. The van der Waals surface area contributed by atoms with Gasteiger partial charge in [0.25, 0.3) is 6.47 Å². The number of carbonyl (C=O) groups is 2. The molecule has 1 rings (SSSR count). The summed E-state index contributed by atoms with van der Waals surface area (Å²) in [5.41, 5.74) is 1.71. The first-order valence-corrected chi connectivity index (χ1v) is 7.97. The second-order valence-electron chi connectivity index (χ2n) is 5.87. The molecule has 0 radical (unpaired) electrons. The average Bonchev–Trinajstić information content (AvgIpc) is 2.54. The summed E-state index contributed by atoms with van der Waals surface area (Å²) in [5, 5.41) is 0. The Morgan fingerprint density at radius 2 is 1.96 bits per heavy atom. The second kappa shape index (κ2) is 9.82. The van der Waals surface area contributed by atoms with Crippen molar-refractivity contribution in [2.24, 2.45) is 5.41 Å². The van der Waals surface area contributed by atoms with Crippen molar-refractivity contribution in [1.82, 2.24) is 0 Å². The van der Waals surface area contributed by atoms with Crippen molar-refractivity contribution in [3.8, 4) is 0 Å². The van der Waals surface area contributed by atoms with Crippen molar-refractivity contribution >= 4 is 18.5 Å². The van der Waals surface area contributed by atoms with Crippen LogP contribution in [0.1, 0.15) is 44.2 Å². The van der Waals surface area contributed by atoms with Crippen molar-refractivity contribution in [2.75, 3.05) is 13.2 Å². The SMILES string of the molecule is CCOC(=O)[C@](C)(C/C=C/c1ccc(C)cc1)CCCOC=O. The number of allylic oxidation sites excluding steroid dienone is 1. The summed E-state index contributed by atoms with van der Waals surface area (Å²) in [7, 11) is 0. The third-order valence-electron chi connectivity index (χ3n) is 3.78. The highest BCUT2D eigenvalue weighted by atomic mass is 16.5. The summed E-state index contributed by atoms with van der Waals surface area (Å²) in [6.07, 6.45) is 5.84. The normalized spacial score (nSPS) is 13.5. The summed E-state index contributed by atoms with van der Waals surface area (Å²) in [6.45, 7) is 6.86. The molecule has 0 spiro atoms. The van der Waals surface area contributed by atoms with Crippen molar-refractivity contribution < 1.29 is 19.1 Å². The van der Waals surface area contributed by atoms with Crippen LogP contribution >= 0.6 is 0 Å². The molecule has 0 fully saturated rings. The lowest BCUT2D eigenvalue weighted by Gasteiger charge is -2.25. The number of aryl methyl sites for hydroxylation is 1. The summed E-state index contributed by atoms with van der Waals surface area (Å²) in [6, 6.07) is 8.21. The number of hydrogen-bond donors (Lipinski definition) is 0. The Hall–Kier alpha value is -2.10. The van der Waals surface area contributed by atoms with Gasteiger partial charge in [-0.25, -0.2) is 0 Å². The Kier molecular flexibility index (Phi) is 8.09. The molecule has 0 unspecified atom stereocenters. The van der Waals surface area contributed by atoms with Crippen LogP contribution in [0.15, 0.2) is 30.3 Å². The van der Waals surface area contributed by atoms with E-state index in [1.807, 2.05) is 38.1 Å². The predicted molar refractivity (Wildman–Crippen MR) is 90.8 cm³/mol. The van der Waals surface area contributed by atoms with E-state index in [9.17, 15) is 9.59 Å². The highest BCUT2D eigenvalue weighted by molar-refractivity contribution is 5.76. The number of ether oxygens (including phenoxy) is 2. The molecule has 0 N–H and O–H groups in total. The van der Waals surface area contributed by atoms with Crippen molar-refractivity contribution in [2.45, 2.75) is 40.0 Å². The molecule has 0 saturated carbocycles. The zero-order valence-electron chi connectivity index (χ0n) is 14.2. The first kappa shape index (κ1) is 18.9. The quantitative estimate of drug-likeness (QED) is 0.373. The van der Waals surface area contributed by atoms with Crippen molar-refractivity contribution in [1.29, 1.82) is 0 Å². The van der Waals surface area contributed by atoms with Crippen LogP contribution in [0.5, 0.6) is 0 Å². The van der Waals surface area contributed by atoms with E-state index in [1.54, 1.807) is 6.92 Å². The first-order chi connectivity index (χ1) is 11.0. The Morgan fingerprint density at radius 1 is 1.26 bits per heavy atom. The van der Waals surface area contributed by atoms with Gasteiger partial charge in [-0.3, -0.25) is 9.59 Å². The number of esters is 1. The highest BCUT2D eigenvalue weighted by Gasteiger charge is 2.33. The zero-order chi connectivity index (χ0) is 17.1. The van der Waals surface area contributed by atoms with Gasteiger partial charge in [0, 0.05) is 0 Å². The van der Waals surface area contributed by atoms with Crippen molar-refractivity contribution in [3.63, 3.8) is 0 Å². The highest BCUT2D eigenvalue weighted by Crippen LogP contribution is 2.30. The van der Waals surface area contributed by atoms with E-state index in [2.05, 4.69) is 12.1 Å². The minimum atomic E-state index is -0.608. The third-order valence-corrected chi connectivity index (χ3v) is 3.78. The zero-order valence-corrected chi connectivity index (χ0v) is 14.2. The third kappa shape index (κ3) is 6.68. The Morgan fingerprint density at radius 3 is 2.57 bits per heavy atom. The number of benzene rings is 1. The molecular formula is C19H26O4. The first-order valence-electron chi connectivity index (χ1n) is 7.97. The van der Waals surface area contributed by atoms with E-state index in [1.165, 1.54) is 5.56 Å². The van der Waals surface area contributed by atoms with E-state index in [-0.39, 0.29) is 5.97 Å².